The molecule has 64 valence electrons. The molecule has 0 aliphatic heterocycles. The molecule has 1 N–H and O–H groups in total. The minimum absolute atomic E-state index is 0. The van der Waals surface area contributed by atoms with E-state index in [4.69, 9.17) is 0 Å². The van der Waals surface area contributed by atoms with Crippen molar-refractivity contribution < 1.29 is 69.1 Å². The van der Waals surface area contributed by atoms with E-state index in [2.05, 4.69) is 0 Å². The number of carbonyl (C=O) groups excluding carboxylic acids is 1. The maximum absolute atomic E-state index is 11.5. The Kier molecular flexibility index (Phi) is 5.40. The maximum Gasteiger partial charge on any atom is 1.00 e. The number of carbonyl (C=O) groups is 1. The van der Waals surface area contributed by atoms with Crippen LogP contribution in [-0.4, -0.2) is 19.3 Å². The smallest absolute Gasteiger partial charge is 0.448 e. The molecule has 0 aromatic rings. The van der Waals surface area contributed by atoms with E-state index in [-0.39, 0.29) is 57.3 Å². The van der Waals surface area contributed by atoms with Crippen molar-refractivity contribution >= 4 is 12.9 Å². The zero-order valence-corrected chi connectivity index (χ0v) is 9.94. The van der Waals surface area contributed by atoms with E-state index in [0.717, 1.165) is 12.8 Å². The largest absolute Gasteiger partial charge is 1.00 e. The van der Waals surface area contributed by atoms with E-state index in [1.165, 1.54) is 0 Å². The van der Waals surface area contributed by atoms with Gasteiger partial charge in [0.1, 0.15) is 0 Å². The molecule has 0 aromatic heterocycles. The van der Waals surface area contributed by atoms with Crippen molar-refractivity contribution in [2.24, 2.45) is 5.92 Å². The summed E-state index contributed by atoms with van der Waals surface area (Å²) in [5.74, 6) is -0.600. The second-order valence-electron chi connectivity index (χ2n) is 2.73. The van der Waals surface area contributed by atoms with E-state index in [0.29, 0.717) is 0 Å². The van der Waals surface area contributed by atoms with E-state index >= 15 is 0 Å². The summed E-state index contributed by atoms with van der Waals surface area (Å²) in [6.45, 7) is -4.86. The van der Waals surface area contributed by atoms with Crippen molar-refractivity contribution in [3.63, 3.8) is 0 Å². The van der Waals surface area contributed by atoms with E-state index in [1.807, 2.05) is 5.32 Å². The Morgan fingerprint density at radius 3 is 2.25 bits per heavy atom. The van der Waals surface area contributed by atoms with Crippen molar-refractivity contribution in [1.82, 2.24) is 5.32 Å². The zero-order valence-electron chi connectivity index (χ0n) is 6.82. The molecule has 7 heteroatoms. The Hall–Kier alpha value is 0.961. The van der Waals surface area contributed by atoms with Gasteiger partial charge in [-0.3, -0.25) is 4.79 Å². The van der Waals surface area contributed by atoms with Crippen molar-refractivity contribution in [2.75, 3.05) is 6.44 Å². The van der Waals surface area contributed by atoms with Crippen molar-refractivity contribution in [2.45, 2.75) is 12.8 Å². The maximum atomic E-state index is 11.5. The van der Waals surface area contributed by atoms with Gasteiger partial charge in [0.2, 0.25) is 5.91 Å². The van der Waals surface area contributed by atoms with Crippen LogP contribution in [0.4, 0.5) is 12.9 Å². The fourth-order valence-corrected chi connectivity index (χ4v) is 0.706. The van der Waals surface area contributed by atoms with Gasteiger partial charge >= 0.3 is 58.4 Å². The van der Waals surface area contributed by atoms with Crippen LogP contribution < -0.4 is 56.7 Å². The second kappa shape index (κ2) is 5.00. The molecule has 0 aromatic carbocycles. The predicted molar refractivity (Wildman–Crippen MR) is 34.8 cm³/mol. The topological polar surface area (TPSA) is 29.1 Å². The van der Waals surface area contributed by atoms with Gasteiger partial charge in [-0.2, -0.15) is 0 Å². The van der Waals surface area contributed by atoms with Crippen LogP contribution >= 0.6 is 0 Å². The Morgan fingerprint density at radius 2 is 1.92 bits per heavy atom. The number of hydrogen-bond acceptors (Lipinski definition) is 1. The molecule has 1 aliphatic carbocycles. The van der Waals surface area contributed by atoms with Gasteiger partial charge in [-0.15, -0.1) is 0 Å². The van der Waals surface area contributed by atoms with Crippen LogP contribution in [0.3, 0.4) is 0 Å². The molecule has 1 aliphatic rings. The standard InChI is InChI=1S/C5H8BF3NO.K/c7-6(8,9)3-10-5(11)4-1-2-4;/h4H,1-3H2,(H,10,11);/q-1;+1. The first-order valence-corrected chi connectivity index (χ1v) is 3.48. The molecule has 0 saturated heterocycles. The number of rotatable bonds is 3. The fourth-order valence-electron chi connectivity index (χ4n) is 0.706. The van der Waals surface area contributed by atoms with Crippen LogP contribution in [0.15, 0.2) is 0 Å². The first kappa shape index (κ1) is 13.0. The summed E-state index contributed by atoms with van der Waals surface area (Å²) in [5, 5.41) is 1.85. The number of halogens is 3. The van der Waals surface area contributed by atoms with Gasteiger partial charge in [0.05, 0.1) is 0 Å². The normalized spacial score (nSPS) is 16.6. The minimum atomic E-state index is -4.86. The Labute approximate surface area is 111 Å². The summed E-state index contributed by atoms with van der Waals surface area (Å²) >= 11 is 0. The molecule has 1 amide bonds. The van der Waals surface area contributed by atoms with Gasteiger partial charge in [-0.1, -0.05) is 0 Å². The zero-order chi connectivity index (χ0) is 8.48. The van der Waals surface area contributed by atoms with Gasteiger partial charge in [-0.25, -0.2) is 0 Å². The van der Waals surface area contributed by atoms with Gasteiger partial charge in [0, 0.05) is 5.92 Å². The van der Waals surface area contributed by atoms with E-state index in [1.54, 1.807) is 0 Å². The molecule has 0 unspecified atom stereocenters. The van der Waals surface area contributed by atoms with Crippen LogP contribution in [0, 0.1) is 5.92 Å². The molecular weight excluding hydrogens is 197 g/mol. The number of amides is 1. The molecular formula is C5H8BF3KNO. The summed E-state index contributed by atoms with van der Waals surface area (Å²) in [5.41, 5.74) is 0. The Morgan fingerprint density at radius 1 is 1.42 bits per heavy atom. The minimum Gasteiger partial charge on any atom is -0.448 e. The quantitative estimate of drug-likeness (QED) is 0.525. The molecule has 12 heavy (non-hydrogen) atoms. The van der Waals surface area contributed by atoms with Gasteiger partial charge < -0.3 is 18.3 Å². The predicted octanol–water partition coefficient (Wildman–Crippen LogP) is -2.10. The third-order valence-electron chi connectivity index (χ3n) is 1.46. The molecule has 0 atom stereocenters. The summed E-state index contributed by atoms with van der Waals surface area (Å²) in [4.78, 5) is 10.7. The van der Waals surface area contributed by atoms with Crippen LogP contribution in [-0.2, 0) is 4.79 Å². The monoisotopic (exact) mass is 205 g/mol. The summed E-state index contributed by atoms with van der Waals surface area (Å²) in [7, 11) is 0. The van der Waals surface area contributed by atoms with Crippen molar-refractivity contribution in [3.05, 3.63) is 0 Å². The molecule has 1 rings (SSSR count). The third-order valence-corrected chi connectivity index (χ3v) is 1.46. The number of nitrogens with one attached hydrogen (secondary N) is 1. The summed E-state index contributed by atoms with van der Waals surface area (Å²) < 4.78 is 34.6. The summed E-state index contributed by atoms with van der Waals surface area (Å²) in [6, 6.07) is 0. The average Bonchev–Trinajstić information content (AvgIpc) is 2.61. The number of hydrogen-bond donors (Lipinski definition) is 1. The van der Waals surface area contributed by atoms with Gasteiger partial charge in [-0.05, 0) is 19.3 Å². The van der Waals surface area contributed by atoms with Crippen LogP contribution in [0.1, 0.15) is 12.8 Å². The first-order chi connectivity index (χ1) is 4.99. The summed E-state index contributed by atoms with van der Waals surface area (Å²) in [6.07, 6.45) is 0.322. The molecule has 1 saturated carbocycles. The average molecular weight is 205 g/mol. The molecule has 0 radical (unpaired) electrons. The Bertz CT molecular complexity index is 171. The first-order valence-electron chi connectivity index (χ1n) is 3.48. The van der Waals surface area contributed by atoms with Gasteiger partial charge in [0.15, 0.2) is 0 Å². The fraction of sp³-hybridized carbons (Fsp3) is 0.800. The molecule has 0 bridgehead atoms. The van der Waals surface area contributed by atoms with Crippen LogP contribution in [0.2, 0.25) is 0 Å². The molecule has 1 fully saturated rings. The van der Waals surface area contributed by atoms with Crippen LogP contribution in [0.5, 0.6) is 0 Å². The third kappa shape index (κ3) is 5.58. The molecule has 0 spiro atoms. The Balaban J connectivity index is 0.00000121. The van der Waals surface area contributed by atoms with Crippen molar-refractivity contribution in [3.8, 4) is 0 Å². The van der Waals surface area contributed by atoms with Gasteiger partial charge in [0.25, 0.3) is 0 Å². The van der Waals surface area contributed by atoms with E-state index < -0.39 is 19.3 Å². The van der Waals surface area contributed by atoms with E-state index in [9.17, 15) is 17.7 Å². The van der Waals surface area contributed by atoms with Crippen LogP contribution in [0.25, 0.3) is 0 Å². The molecule has 2 nitrogen and oxygen atoms in total. The molecule has 0 heterocycles. The SMILES string of the molecule is O=C(NC[B-](F)(F)F)C1CC1.[K+]. The van der Waals surface area contributed by atoms with Crippen molar-refractivity contribution in [1.29, 1.82) is 0 Å². The second-order valence-corrected chi connectivity index (χ2v) is 2.73.